The number of rotatable bonds is 0. The van der Waals surface area contributed by atoms with Crippen LogP contribution in [0.5, 0.6) is 0 Å². The lowest BCUT2D eigenvalue weighted by Crippen LogP contribution is -2.18. The second-order valence-electron chi connectivity index (χ2n) is 0.933. The van der Waals surface area contributed by atoms with E-state index in [2.05, 4.69) is 22.3 Å². The fourth-order valence-electron chi connectivity index (χ4n) is 0. The second kappa shape index (κ2) is 3.38. The summed E-state index contributed by atoms with van der Waals surface area (Å²) in [6, 6.07) is -0.833. The Labute approximate surface area is 41.0 Å². The standard InChI is InChI=1S/CH4N2O.CH4N2/c2-1(3)4;1-2-3-1/h(H4,2,3,4);2-3H,1H2. The number of carbonyl (C=O) groups is 1. The first-order valence-electron chi connectivity index (χ1n) is 1.74. The maximum Gasteiger partial charge on any atom is 0.309 e. The molecule has 1 heterocycles. The van der Waals surface area contributed by atoms with Crippen LogP contribution in [0.1, 0.15) is 0 Å². The monoisotopic (exact) mass is 104 g/mol. The van der Waals surface area contributed by atoms with Crippen LogP contribution < -0.4 is 22.3 Å². The number of hydrogen-bond donors (Lipinski definition) is 4. The normalized spacial score (nSPS) is 13.7. The summed E-state index contributed by atoms with van der Waals surface area (Å²) >= 11 is 0. The van der Waals surface area contributed by atoms with Crippen molar-refractivity contribution in [1.29, 1.82) is 0 Å². The third-order valence-electron chi connectivity index (χ3n) is 0.177. The maximum absolute atomic E-state index is 9.00. The van der Waals surface area contributed by atoms with Gasteiger partial charge in [0.15, 0.2) is 0 Å². The Morgan fingerprint density at radius 3 is 1.57 bits per heavy atom. The number of nitrogens with two attached hydrogens (primary N) is 2. The summed E-state index contributed by atoms with van der Waals surface area (Å²) in [4.78, 5) is 9.00. The SMILES string of the molecule is C1NN1.NC(N)=O. The number of carbonyl (C=O) groups excluding carboxylic acids is 1. The zero-order valence-corrected chi connectivity index (χ0v) is 3.77. The van der Waals surface area contributed by atoms with Gasteiger partial charge in [-0.2, -0.15) is 0 Å². The van der Waals surface area contributed by atoms with E-state index >= 15 is 0 Å². The minimum absolute atomic E-state index is 0.833. The lowest BCUT2D eigenvalue weighted by atomic mass is 11.2. The fourth-order valence-corrected chi connectivity index (χ4v) is 0. The molecule has 0 aromatic rings. The molecular weight excluding hydrogens is 96.0 g/mol. The molecule has 2 amide bonds. The Hall–Kier alpha value is -0.810. The summed E-state index contributed by atoms with van der Waals surface area (Å²) < 4.78 is 0. The first-order valence-corrected chi connectivity index (χ1v) is 1.74. The Kier molecular flexibility index (Phi) is 2.99. The summed E-state index contributed by atoms with van der Waals surface area (Å²) in [5.74, 6) is 0. The lowest BCUT2D eigenvalue weighted by molar-refractivity contribution is 0.256. The van der Waals surface area contributed by atoms with Crippen molar-refractivity contribution in [2.24, 2.45) is 11.5 Å². The van der Waals surface area contributed by atoms with Crippen molar-refractivity contribution >= 4 is 6.03 Å². The average Bonchev–Trinajstić information content (AvgIpc) is 2.02. The predicted octanol–water partition coefficient (Wildman–Crippen LogP) is -1.92. The van der Waals surface area contributed by atoms with Crippen molar-refractivity contribution in [3.63, 3.8) is 0 Å². The molecule has 1 aliphatic heterocycles. The van der Waals surface area contributed by atoms with Gasteiger partial charge in [0.2, 0.25) is 0 Å². The highest BCUT2D eigenvalue weighted by molar-refractivity contribution is 5.69. The molecule has 0 atom stereocenters. The summed E-state index contributed by atoms with van der Waals surface area (Å²) in [6.45, 7) is 1.00. The summed E-state index contributed by atoms with van der Waals surface area (Å²) in [7, 11) is 0. The van der Waals surface area contributed by atoms with Gasteiger partial charge in [0.25, 0.3) is 0 Å². The van der Waals surface area contributed by atoms with Crippen molar-refractivity contribution < 1.29 is 4.79 Å². The van der Waals surface area contributed by atoms with Gasteiger partial charge in [0.05, 0.1) is 6.67 Å². The van der Waals surface area contributed by atoms with Gasteiger partial charge >= 0.3 is 6.03 Å². The molecule has 1 rings (SSSR count). The molecule has 7 heavy (non-hydrogen) atoms. The molecule has 0 bridgehead atoms. The number of amides is 2. The fraction of sp³-hybridized carbons (Fsp3) is 0.500. The van der Waals surface area contributed by atoms with E-state index in [1.54, 1.807) is 0 Å². The topological polar surface area (TPSA) is 113 Å². The van der Waals surface area contributed by atoms with Crippen LogP contribution in [0, 0.1) is 0 Å². The third-order valence-corrected chi connectivity index (χ3v) is 0.177. The van der Waals surface area contributed by atoms with Gasteiger partial charge in [-0.1, -0.05) is 0 Å². The van der Waals surface area contributed by atoms with E-state index in [0.29, 0.717) is 0 Å². The third kappa shape index (κ3) is 1460. The number of hydrazine groups is 1. The molecule has 0 aliphatic carbocycles. The first-order chi connectivity index (χ1) is 3.23. The van der Waals surface area contributed by atoms with Crippen LogP contribution >= 0.6 is 0 Å². The Balaban J connectivity index is 0.000000105. The Morgan fingerprint density at radius 2 is 1.57 bits per heavy atom. The molecule has 6 N–H and O–H groups in total. The van der Waals surface area contributed by atoms with Crippen LogP contribution in [0.2, 0.25) is 0 Å². The molecule has 5 heteroatoms. The van der Waals surface area contributed by atoms with E-state index in [9.17, 15) is 0 Å². The molecule has 0 aromatic heterocycles. The van der Waals surface area contributed by atoms with E-state index in [0.717, 1.165) is 6.67 Å². The lowest BCUT2D eigenvalue weighted by Gasteiger charge is -1.62. The van der Waals surface area contributed by atoms with E-state index in [1.807, 2.05) is 0 Å². The quantitative estimate of drug-likeness (QED) is 0.268. The highest BCUT2D eigenvalue weighted by atomic mass is 16.2. The molecule has 5 nitrogen and oxygen atoms in total. The van der Waals surface area contributed by atoms with E-state index in [1.165, 1.54) is 0 Å². The van der Waals surface area contributed by atoms with Crippen molar-refractivity contribution in [2.75, 3.05) is 6.67 Å². The molecule has 1 saturated heterocycles. The van der Waals surface area contributed by atoms with Crippen molar-refractivity contribution in [3.8, 4) is 0 Å². The summed E-state index contributed by atoms with van der Waals surface area (Å²) in [6.07, 6.45) is 0. The van der Waals surface area contributed by atoms with Crippen LogP contribution in [-0.4, -0.2) is 12.7 Å². The van der Waals surface area contributed by atoms with Gasteiger partial charge in [0.1, 0.15) is 0 Å². The van der Waals surface area contributed by atoms with E-state index < -0.39 is 6.03 Å². The molecule has 0 radical (unpaired) electrons. The zero-order valence-electron chi connectivity index (χ0n) is 3.77. The molecule has 42 valence electrons. The average molecular weight is 104 g/mol. The Morgan fingerprint density at radius 1 is 1.43 bits per heavy atom. The zero-order chi connectivity index (χ0) is 5.70. The maximum atomic E-state index is 9.00. The van der Waals surface area contributed by atoms with Gasteiger partial charge in [-0.3, -0.25) is 0 Å². The molecular formula is C2H8N4O. The van der Waals surface area contributed by atoms with Crippen LogP contribution in [0.4, 0.5) is 4.79 Å². The minimum atomic E-state index is -0.833. The van der Waals surface area contributed by atoms with Gasteiger partial charge in [-0.05, 0) is 0 Å². The van der Waals surface area contributed by atoms with Gasteiger partial charge in [-0.25, -0.2) is 15.6 Å². The largest absolute Gasteiger partial charge is 0.352 e. The van der Waals surface area contributed by atoms with Crippen molar-refractivity contribution in [3.05, 3.63) is 0 Å². The van der Waals surface area contributed by atoms with Gasteiger partial charge in [-0.15, -0.1) is 0 Å². The van der Waals surface area contributed by atoms with Crippen LogP contribution in [0.15, 0.2) is 0 Å². The number of primary amides is 2. The Bertz CT molecular complexity index is 54.0. The molecule has 1 aliphatic rings. The van der Waals surface area contributed by atoms with E-state index in [4.69, 9.17) is 4.79 Å². The smallest absolute Gasteiger partial charge is 0.309 e. The molecule has 0 unspecified atom stereocenters. The molecule has 0 aromatic carbocycles. The van der Waals surface area contributed by atoms with Crippen LogP contribution in [0.25, 0.3) is 0 Å². The highest BCUT2D eigenvalue weighted by Crippen LogP contribution is 1.48. The van der Waals surface area contributed by atoms with Crippen LogP contribution in [-0.2, 0) is 0 Å². The van der Waals surface area contributed by atoms with Crippen molar-refractivity contribution in [1.82, 2.24) is 10.9 Å². The first kappa shape index (κ1) is 6.19. The number of hydrogen-bond acceptors (Lipinski definition) is 3. The van der Waals surface area contributed by atoms with Crippen molar-refractivity contribution in [2.45, 2.75) is 0 Å². The van der Waals surface area contributed by atoms with E-state index in [-0.39, 0.29) is 0 Å². The number of urea groups is 1. The summed E-state index contributed by atoms with van der Waals surface area (Å²) in [5.41, 5.74) is 14.0. The molecule has 0 spiro atoms. The second-order valence-corrected chi connectivity index (χ2v) is 0.933. The minimum Gasteiger partial charge on any atom is -0.352 e. The summed E-state index contributed by atoms with van der Waals surface area (Å²) in [5, 5.41) is 0. The highest BCUT2D eigenvalue weighted by Gasteiger charge is 1.87. The van der Waals surface area contributed by atoms with Crippen LogP contribution in [0.3, 0.4) is 0 Å². The number of nitrogens with one attached hydrogen (secondary N) is 2. The molecule has 0 saturated carbocycles. The molecule has 1 fully saturated rings. The predicted molar refractivity (Wildman–Crippen MR) is 24.9 cm³/mol. The van der Waals surface area contributed by atoms with Gasteiger partial charge in [0, 0.05) is 0 Å². The van der Waals surface area contributed by atoms with Gasteiger partial charge < -0.3 is 11.5 Å².